The maximum Gasteiger partial charge on any atom is 0.361 e. The first-order chi connectivity index (χ1) is 43.6. The third-order valence-electron chi connectivity index (χ3n) is 18.9. The first-order valence-electron chi connectivity index (χ1n) is 40.2. The lowest BCUT2D eigenvalue weighted by Crippen LogP contribution is -2.40. The van der Waals surface area contributed by atoms with Crippen molar-refractivity contribution in [3.63, 3.8) is 0 Å². The molecule has 0 amide bonds. The van der Waals surface area contributed by atoms with Gasteiger partial charge in [-0.3, -0.25) is 9.59 Å². The average Bonchev–Trinajstić information content (AvgIpc) is 3.64. The van der Waals surface area contributed by atoms with E-state index in [0.29, 0.717) is 17.4 Å². The minimum atomic E-state index is -1.51. The molecule has 0 bridgehead atoms. The van der Waals surface area contributed by atoms with Crippen molar-refractivity contribution in [3.8, 4) is 0 Å². The van der Waals surface area contributed by atoms with Crippen LogP contribution in [0.4, 0.5) is 0 Å². The van der Waals surface area contributed by atoms with Gasteiger partial charge in [0.05, 0.1) is 34.4 Å². The molecule has 2 unspecified atom stereocenters. The maximum absolute atomic E-state index is 13.0. The molecule has 0 aliphatic rings. The molecule has 0 aromatic heterocycles. The predicted molar refractivity (Wildman–Crippen MR) is 383 cm³/mol. The van der Waals surface area contributed by atoms with Gasteiger partial charge in [-0.25, -0.2) is 4.79 Å². The number of quaternary nitrogens is 1. The summed E-state index contributed by atoms with van der Waals surface area (Å²) in [6.07, 6.45) is 85.6. The van der Waals surface area contributed by atoms with Crippen LogP contribution >= 0.6 is 0 Å². The molecular formula is C80H158NO8+. The SMILES string of the molecule is CCCCCCCCCCCCCCCCCCCCCCCCCCCCCCCCCCCCCC(=O)OC(COC(=O)CCCCCCCCCCCCCCCCCCCCCCCCCCCCCCC)COC(OCC[N+](C)(C)C)C(=O)O. The molecule has 0 aliphatic carbocycles. The predicted octanol–water partition coefficient (Wildman–Crippen LogP) is 25.4. The van der Waals surface area contributed by atoms with E-state index in [9.17, 15) is 19.5 Å². The molecule has 1 N–H and O–H groups in total. The van der Waals surface area contributed by atoms with Gasteiger partial charge in [-0.1, -0.05) is 412 Å². The summed E-state index contributed by atoms with van der Waals surface area (Å²) in [7, 11) is 6.00. The lowest BCUT2D eigenvalue weighted by molar-refractivity contribution is -0.870. The highest BCUT2D eigenvalue weighted by Crippen LogP contribution is 2.21. The molecule has 0 aromatic carbocycles. The lowest BCUT2D eigenvalue weighted by Gasteiger charge is -2.25. The summed E-state index contributed by atoms with van der Waals surface area (Å²) in [5.74, 6) is -1.96. The number of hydrogen-bond donors (Lipinski definition) is 1. The number of carboxylic acids is 1. The van der Waals surface area contributed by atoms with Gasteiger partial charge in [0.15, 0.2) is 6.10 Å². The van der Waals surface area contributed by atoms with Gasteiger partial charge in [0.1, 0.15) is 13.2 Å². The van der Waals surface area contributed by atoms with Crippen LogP contribution in [0, 0.1) is 0 Å². The Hall–Kier alpha value is -1.71. The number of nitrogens with zero attached hydrogens (tertiary/aromatic N) is 1. The van der Waals surface area contributed by atoms with Gasteiger partial charge in [-0.15, -0.1) is 0 Å². The minimum Gasteiger partial charge on any atom is -0.477 e. The van der Waals surface area contributed by atoms with Crippen molar-refractivity contribution in [1.29, 1.82) is 0 Å². The van der Waals surface area contributed by atoms with Crippen LogP contribution < -0.4 is 0 Å². The Balaban J connectivity index is 3.94. The molecule has 0 spiro atoms. The van der Waals surface area contributed by atoms with Crippen LogP contribution in [0.2, 0.25) is 0 Å². The van der Waals surface area contributed by atoms with Crippen LogP contribution in [0.1, 0.15) is 438 Å². The van der Waals surface area contributed by atoms with Crippen molar-refractivity contribution in [2.75, 3.05) is 47.5 Å². The van der Waals surface area contributed by atoms with Crippen molar-refractivity contribution in [3.05, 3.63) is 0 Å². The highest BCUT2D eigenvalue weighted by Gasteiger charge is 2.25. The average molecular weight is 1260 g/mol. The molecule has 0 heterocycles. The van der Waals surface area contributed by atoms with E-state index in [-0.39, 0.29) is 38.2 Å². The van der Waals surface area contributed by atoms with E-state index in [1.807, 2.05) is 21.1 Å². The topological polar surface area (TPSA) is 108 Å². The number of unbranched alkanes of at least 4 members (excludes halogenated alkanes) is 62. The van der Waals surface area contributed by atoms with Crippen molar-refractivity contribution in [2.45, 2.75) is 450 Å². The van der Waals surface area contributed by atoms with Crippen LogP contribution in [-0.4, -0.2) is 87.4 Å². The fourth-order valence-electron chi connectivity index (χ4n) is 12.7. The summed E-state index contributed by atoms with van der Waals surface area (Å²) in [5, 5.41) is 9.77. The van der Waals surface area contributed by atoms with Crippen LogP contribution in [0.5, 0.6) is 0 Å². The second-order valence-electron chi connectivity index (χ2n) is 29.1. The summed E-state index contributed by atoms with van der Waals surface area (Å²) in [5.41, 5.74) is 0. The van der Waals surface area contributed by atoms with Gasteiger partial charge < -0.3 is 28.5 Å². The highest BCUT2D eigenvalue weighted by atomic mass is 16.7. The molecule has 9 nitrogen and oxygen atoms in total. The summed E-state index contributed by atoms with van der Waals surface area (Å²) in [4.78, 5) is 37.7. The fourth-order valence-corrected chi connectivity index (χ4v) is 12.7. The Morgan fingerprint density at radius 1 is 0.292 bits per heavy atom. The third-order valence-corrected chi connectivity index (χ3v) is 18.9. The molecule has 0 fully saturated rings. The molecule has 9 heteroatoms. The van der Waals surface area contributed by atoms with Crippen molar-refractivity contribution >= 4 is 17.9 Å². The van der Waals surface area contributed by atoms with Gasteiger partial charge in [-0.05, 0) is 12.8 Å². The fraction of sp³-hybridized carbons (Fsp3) is 0.963. The second kappa shape index (κ2) is 72.1. The summed E-state index contributed by atoms with van der Waals surface area (Å²) in [6, 6.07) is 0. The standard InChI is InChI=1S/C80H157NO8/c1-6-8-10-12-14-16-18-20-22-24-26-28-30-32-34-36-37-38-39-40-41-43-45-47-49-51-53-55-57-59-61-63-65-67-69-71-78(83)89-76(75-88-80(79(84)85)86-73-72-81(3,4)5)74-87-77(82)70-68-66-64-62-60-58-56-54-52-50-48-46-44-42-35-33-31-29-27-25-23-21-19-17-15-13-11-9-7-2/h76,80H,6-75H2,1-5H3/p+1. The first kappa shape index (κ1) is 87.3. The molecule has 530 valence electrons. The van der Waals surface area contributed by atoms with Crippen LogP contribution in [0.25, 0.3) is 0 Å². The van der Waals surface area contributed by atoms with Crippen molar-refractivity contribution in [2.24, 2.45) is 0 Å². The smallest absolute Gasteiger partial charge is 0.361 e. The van der Waals surface area contributed by atoms with E-state index >= 15 is 0 Å². The van der Waals surface area contributed by atoms with Gasteiger partial charge in [0.2, 0.25) is 0 Å². The zero-order valence-electron chi connectivity index (χ0n) is 60.9. The molecule has 0 rings (SSSR count). The Bertz CT molecular complexity index is 1420. The Kier molecular flexibility index (Phi) is 70.7. The Morgan fingerprint density at radius 2 is 0.506 bits per heavy atom. The first-order valence-corrected chi connectivity index (χ1v) is 40.2. The Morgan fingerprint density at radius 3 is 0.719 bits per heavy atom. The van der Waals surface area contributed by atoms with E-state index in [1.165, 1.54) is 372 Å². The largest absolute Gasteiger partial charge is 0.477 e. The monoisotopic (exact) mass is 1260 g/mol. The van der Waals surface area contributed by atoms with E-state index in [4.69, 9.17) is 18.9 Å². The number of ether oxygens (including phenoxy) is 4. The van der Waals surface area contributed by atoms with Crippen molar-refractivity contribution in [1.82, 2.24) is 0 Å². The summed E-state index contributed by atoms with van der Waals surface area (Å²) in [6.45, 7) is 4.99. The van der Waals surface area contributed by atoms with E-state index in [1.54, 1.807) is 0 Å². The number of rotatable bonds is 77. The molecule has 0 aromatic rings. The number of hydrogen-bond acceptors (Lipinski definition) is 7. The number of aliphatic carboxylic acids is 1. The molecule has 0 saturated carbocycles. The summed E-state index contributed by atoms with van der Waals surface area (Å²) >= 11 is 0. The maximum atomic E-state index is 13.0. The molecule has 0 aliphatic heterocycles. The third kappa shape index (κ3) is 73.6. The lowest BCUT2D eigenvalue weighted by atomic mass is 10.0. The molecule has 89 heavy (non-hydrogen) atoms. The molecule has 0 saturated heterocycles. The van der Waals surface area contributed by atoms with Gasteiger partial charge in [0.25, 0.3) is 6.29 Å². The number of likely N-dealkylation sites (N-methyl/N-ethyl adjacent to an activating group) is 1. The highest BCUT2D eigenvalue weighted by molar-refractivity contribution is 5.71. The minimum absolute atomic E-state index is 0.172. The van der Waals surface area contributed by atoms with E-state index in [0.717, 1.165) is 38.5 Å². The van der Waals surface area contributed by atoms with Crippen LogP contribution in [-0.2, 0) is 33.3 Å². The van der Waals surface area contributed by atoms with E-state index in [2.05, 4.69) is 13.8 Å². The van der Waals surface area contributed by atoms with Gasteiger partial charge in [0, 0.05) is 12.8 Å². The van der Waals surface area contributed by atoms with Crippen molar-refractivity contribution < 1.29 is 42.9 Å². The van der Waals surface area contributed by atoms with Crippen LogP contribution in [0.15, 0.2) is 0 Å². The normalized spacial score (nSPS) is 12.5. The van der Waals surface area contributed by atoms with E-state index < -0.39 is 18.4 Å². The second-order valence-corrected chi connectivity index (χ2v) is 29.1. The molecule has 0 radical (unpaired) electrons. The number of carbonyl (C=O) groups is 3. The van der Waals surface area contributed by atoms with Gasteiger partial charge in [-0.2, -0.15) is 0 Å². The molecule has 2 atom stereocenters. The number of carboxylic acid groups (broad SMARTS) is 1. The number of carbonyl (C=O) groups excluding carboxylic acids is 2. The molecular weight excluding hydrogens is 1100 g/mol. The zero-order valence-corrected chi connectivity index (χ0v) is 60.9. The summed E-state index contributed by atoms with van der Waals surface area (Å²) < 4.78 is 23.1. The quantitative estimate of drug-likeness (QED) is 0.0278. The Labute approximate surface area is 555 Å². The number of esters is 2. The van der Waals surface area contributed by atoms with Crippen LogP contribution in [0.3, 0.4) is 0 Å². The zero-order chi connectivity index (χ0) is 64.7. The van der Waals surface area contributed by atoms with Gasteiger partial charge >= 0.3 is 17.9 Å².